The summed E-state index contributed by atoms with van der Waals surface area (Å²) in [4.78, 5) is 23.7. The summed E-state index contributed by atoms with van der Waals surface area (Å²) in [7, 11) is 0. The van der Waals surface area contributed by atoms with Gasteiger partial charge in [0, 0.05) is 24.8 Å². The SMILES string of the molecule is N#Cc1cccc(NC2CCN(C(=O)C(N)=O)CC2)c1. The van der Waals surface area contributed by atoms with E-state index in [1.165, 1.54) is 4.90 Å². The largest absolute Gasteiger partial charge is 0.382 e. The second-order valence-electron chi connectivity index (χ2n) is 4.77. The fraction of sp³-hybridized carbons (Fsp3) is 0.357. The number of nitrogens with one attached hydrogen (secondary N) is 1. The average Bonchev–Trinajstić information content (AvgIpc) is 2.47. The number of rotatable bonds is 2. The van der Waals surface area contributed by atoms with Crippen molar-refractivity contribution in [2.75, 3.05) is 18.4 Å². The molecule has 1 saturated heterocycles. The third kappa shape index (κ3) is 3.26. The van der Waals surface area contributed by atoms with Crippen molar-refractivity contribution < 1.29 is 9.59 Å². The molecular formula is C14H16N4O2. The number of nitriles is 1. The molecule has 1 aromatic carbocycles. The molecule has 20 heavy (non-hydrogen) atoms. The molecule has 0 spiro atoms. The number of hydrogen-bond acceptors (Lipinski definition) is 4. The number of amides is 2. The predicted molar refractivity (Wildman–Crippen MR) is 73.6 cm³/mol. The third-order valence-electron chi connectivity index (χ3n) is 3.36. The van der Waals surface area contributed by atoms with Crippen LogP contribution in [0, 0.1) is 11.3 Å². The second-order valence-corrected chi connectivity index (χ2v) is 4.77. The van der Waals surface area contributed by atoms with Crippen LogP contribution in [0.15, 0.2) is 24.3 Å². The maximum absolute atomic E-state index is 11.4. The van der Waals surface area contributed by atoms with Gasteiger partial charge >= 0.3 is 11.8 Å². The van der Waals surface area contributed by atoms with Crippen LogP contribution < -0.4 is 11.1 Å². The Morgan fingerprint density at radius 2 is 2.05 bits per heavy atom. The van der Waals surface area contributed by atoms with Gasteiger partial charge in [0.15, 0.2) is 0 Å². The van der Waals surface area contributed by atoms with E-state index in [9.17, 15) is 9.59 Å². The van der Waals surface area contributed by atoms with Crippen LogP contribution >= 0.6 is 0 Å². The lowest BCUT2D eigenvalue weighted by Crippen LogP contribution is -2.46. The molecule has 6 heteroatoms. The quantitative estimate of drug-likeness (QED) is 0.763. The van der Waals surface area contributed by atoms with E-state index < -0.39 is 11.8 Å². The topological polar surface area (TPSA) is 99.2 Å². The lowest BCUT2D eigenvalue weighted by atomic mass is 10.0. The van der Waals surface area contributed by atoms with Gasteiger partial charge in [-0.3, -0.25) is 9.59 Å². The standard InChI is InChI=1S/C14H16N4O2/c15-9-10-2-1-3-12(8-10)17-11-4-6-18(7-5-11)14(20)13(16)19/h1-3,8,11,17H,4-7H2,(H2,16,19). The van der Waals surface area contributed by atoms with Crippen LogP contribution in [-0.4, -0.2) is 35.8 Å². The molecule has 104 valence electrons. The van der Waals surface area contributed by atoms with Crippen LogP contribution in [0.1, 0.15) is 18.4 Å². The zero-order valence-corrected chi connectivity index (χ0v) is 11.0. The number of carbonyl (C=O) groups is 2. The summed E-state index contributed by atoms with van der Waals surface area (Å²) >= 11 is 0. The van der Waals surface area contributed by atoms with Crippen LogP contribution in [0.25, 0.3) is 0 Å². The van der Waals surface area contributed by atoms with Gasteiger partial charge in [0.25, 0.3) is 0 Å². The molecule has 0 radical (unpaired) electrons. The molecule has 1 heterocycles. The number of likely N-dealkylation sites (tertiary alicyclic amines) is 1. The van der Waals surface area contributed by atoms with E-state index in [0.29, 0.717) is 18.7 Å². The number of benzene rings is 1. The molecule has 6 nitrogen and oxygen atoms in total. The van der Waals surface area contributed by atoms with Crippen LogP contribution in [-0.2, 0) is 9.59 Å². The number of primary amides is 1. The number of carbonyl (C=O) groups excluding carboxylic acids is 2. The summed E-state index contributed by atoms with van der Waals surface area (Å²) in [5.41, 5.74) is 6.48. The van der Waals surface area contributed by atoms with Gasteiger partial charge in [-0.1, -0.05) is 6.07 Å². The Morgan fingerprint density at radius 1 is 1.35 bits per heavy atom. The van der Waals surface area contributed by atoms with E-state index in [2.05, 4.69) is 11.4 Å². The molecule has 3 N–H and O–H groups in total. The smallest absolute Gasteiger partial charge is 0.311 e. The summed E-state index contributed by atoms with van der Waals surface area (Å²) < 4.78 is 0. The first kappa shape index (κ1) is 13.9. The van der Waals surface area contributed by atoms with Crippen molar-refractivity contribution in [3.8, 4) is 6.07 Å². The first-order valence-electron chi connectivity index (χ1n) is 6.45. The molecule has 0 atom stereocenters. The van der Waals surface area contributed by atoms with Gasteiger partial charge in [0.1, 0.15) is 0 Å². The molecule has 0 unspecified atom stereocenters. The van der Waals surface area contributed by atoms with Crippen molar-refractivity contribution >= 4 is 17.5 Å². The van der Waals surface area contributed by atoms with Gasteiger partial charge in [0.05, 0.1) is 11.6 Å². The minimum absolute atomic E-state index is 0.223. The highest BCUT2D eigenvalue weighted by Crippen LogP contribution is 2.17. The summed E-state index contributed by atoms with van der Waals surface area (Å²) in [6.45, 7) is 1.02. The van der Waals surface area contributed by atoms with Gasteiger partial charge in [-0.15, -0.1) is 0 Å². The summed E-state index contributed by atoms with van der Waals surface area (Å²) in [6, 6.07) is 9.59. The van der Waals surface area contributed by atoms with E-state index in [1.54, 1.807) is 12.1 Å². The van der Waals surface area contributed by atoms with Gasteiger partial charge in [-0.25, -0.2) is 0 Å². The van der Waals surface area contributed by atoms with E-state index >= 15 is 0 Å². The minimum atomic E-state index is -0.905. The fourth-order valence-electron chi connectivity index (χ4n) is 2.30. The molecule has 1 aliphatic heterocycles. The van der Waals surface area contributed by atoms with Crippen molar-refractivity contribution in [3.05, 3.63) is 29.8 Å². The Kier molecular flexibility index (Phi) is 4.20. The van der Waals surface area contributed by atoms with Crippen LogP contribution in [0.4, 0.5) is 5.69 Å². The van der Waals surface area contributed by atoms with E-state index in [4.69, 9.17) is 11.0 Å². The molecule has 1 aromatic rings. The summed E-state index contributed by atoms with van der Waals surface area (Å²) in [5, 5.41) is 12.2. The zero-order chi connectivity index (χ0) is 14.5. The molecule has 2 amide bonds. The lowest BCUT2D eigenvalue weighted by molar-refractivity contribution is -0.144. The van der Waals surface area contributed by atoms with E-state index in [1.807, 2.05) is 12.1 Å². The molecule has 1 fully saturated rings. The Hall–Kier alpha value is -2.55. The first-order valence-corrected chi connectivity index (χ1v) is 6.45. The Labute approximate surface area is 117 Å². The van der Waals surface area contributed by atoms with Gasteiger partial charge in [0.2, 0.25) is 0 Å². The zero-order valence-electron chi connectivity index (χ0n) is 11.0. The average molecular weight is 272 g/mol. The van der Waals surface area contributed by atoms with Crippen molar-refractivity contribution in [1.82, 2.24) is 4.90 Å². The van der Waals surface area contributed by atoms with Crippen molar-refractivity contribution in [2.45, 2.75) is 18.9 Å². The molecule has 0 aliphatic carbocycles. The lowest BCUT2D eigenvalue weighted by Gasteiger charge is -2.32. The monoisotopic (exact) mass is 272 g/mol. The van der Waals surface area contributed by atoms with Crippen molar-refractivity contribution in [3.63, 3.8) is 0 Å². The van der Waals surface area contributed by atoms with E-state index in [-0.39, 0.29) is 6.04 Å². The molecule has 2 rings (SSSR count). The van der Waals surface area contributed by atoms with Gasteiger partial charge in [-0.2, -0.15) is 5.26 Å². The highest BCUT2D eigenvalue weighted by molar-refractivity contribution is 6.34. The Bertz CT molecular complexity index is 557. The number of hydrogen-bond donors (Lipinski definition) is 2. The Morgan fingerprint density at radius 3 is 2.65 bits per heavy atom. The number of piperidine rings is 1. The van der Waals surface area contributed by atoms with Crippen LogP contribution in [0.5, 0.6) is 0 Å². The van der Waals surface area contributed by atoms with E-state index in [0.717, 1.165) is 18.5 Å². The summed E-state index contributed by atoms with van der Waals surface area (Å²) in [5.74, 6) is -1.52. The molecule has 0 saturated carbocycles. The van der Waals surface area contributed by atoms with Crippen molar-refractivity contribution in [2.24, 2.45) is 5.73 Å². The maximum atomic E-state index is 11.4. The summed E-state index contributed by atoms with van der Waals surface area (Å²) in [6.07, 6.45) is 1.49. The molecule has 0 aromatic heterocycles. The Balaban J connectivity index is 1.90. The van der Waals surface area contributed by atoms with Gasteiger partial charge < -0.3 is 16.0 Å². The molecular weight excluding hydrogens is 256 g/mol. The van der Waals surface area contributed by atoms with Crippen LogP contribution in [0.3, 0.4) is 0 Å². The normalized spacial score (nSPS) is 15.4. The number of nitrogens with two attached hydrogens (primary N) is 1. The highest BCUT2D eigenvalue weighted by Gasteiger charge is 2.25. The minimum Gasteiger partial charge on any atom is -0.382 e. The maximum Gasteiger partial charge on any atom is 0.311 e. The number of nitrogens with zero attached hydrogens (tertiary/aromatic N) is 2. The first-order chi connectivity index (χ1) is 9.60. The highest BCUT2D eigenvalue weighted by atomic mass is 16.2. The third-order valence-corrected chi connectivity index (χ3v) is 3.36. The predicted octanol–water partition coefficient (Wildman–Crippen LogP) is 0.446. The molecule has 0 bridgehead atoms. The van der Waals surface area contributed by atoms with Crippen molar-refractivity contribution in [1.29, 1.82) is 5.26 Å². The molecule has 1 aliphatic rings. The second kappa shape index (κ2) is 6.06. The fourth-order valence-corrected chi connectivity index (χ4v) is 2.30. The van der Waals surface area contributed by atoms with Crippen LogP contribution in [0.2, 0.25) is 0 Å². The number of anilines is 1. The van der Waals surface area contributed by atoms with Gasteiger partial charge in [-0.05, 0) is 31.0 Å².